The van der Waals surface area contributed by atoms with Crippen molar-refractivity contribution in [1.82, 2.24) is 15.5 Å². The number of nitrogens with one attached hydrogen (secondary N) is 2. The first-order valence-corrected chi connectivity index (χ1v) is 11.2. The van der Waals surface area contributed by atoms with Crippen LogP contribution in [0.15, 0.2) is 18.2 Å². The molecule has 166 valence electrons. The van der Waals surface area contributed by atoms with Gasteiger partial charge in [0.05, 0.1) is 6.04 Å². The molecule has 2 fully saturated rings. The maximum atomic E-state index is 14.0. The van der Waals surface area contributed by atoms with Crippen molar-refractivity contribution < 1.29 is 14.0 Å². The molecule has 30 heavy (non-hydrogen) atoms. The van der Waals surface area contributed by atoms with Crippen molar-refractivity contribution in [3.63, 3.8) is 0 Å². The lowest BCUT2D eigenvalue weighted by Gasteiger charge is -2.36. The highest BCUT2D eigenvalue weighted by Gasteiger charge is 2.22. The normalized spacial score (nSPS) is 19.4. The van der Waals surface area contributed by atoms with Gasteiger partial charge in [0.1, 0.15) is 5.82 Å². The fourth-order valence-corrected chi connectivity index (χ4v) is 4.41. The van der Waals surface area contributed by atoms with Crippen LogP contribution in [0.2, 0.25) is 0 Å². The van der Waals surface area contributed by atoms with Crippen LogP contribution in [0.1, 0.15) is 57.1 Å². The zero-order valence-electron chi connectivity index (χ0n) is 18.3. The molecule has 1 heterocycles. The van der Waals surface area contributed by atoms with Gasteiger partial charge in [-0.1, -0.05) is 19.3 Å². The van der Waals surface area contributed by atoms with E-state index in [2.05, 4.69) is 27.5 Å². The summed E-state index contributed by atoms with van der Waals surface area (Å²) in [6.07, 6.45) is 5.55. The number of piperazine rings is 1. The molecule has 1 saturated heterocycles. The molecule has 1 aliphatic carbocycles. The molecule has 2 amide bonds. The molecule has 6 nitrogen and oxygen atoms in total. The van der Waals surface area contributed by atoms with Gasteiger partial charge in [0.25, 0.3) is 0 Å². The average Bonchev–Trinajstić information content (AvgIpc) is 2.75. The molecular weight excluding hydrogens is 383 g/mol. The quantitative estimate of drug-likeness (QED) is 0.715. The number of hydrogen-bond acceptors (Lipinski definition) is 4. The third-order valence-corrected chi connectivity index (χ3v) is 6.30. The van der Waals surface area contributed by atoms with Gasteiger partial charge in [0, 0.05) is 56.3 Å². The van der Waals surface area contributed by atoms with Crippen LogP contribution >= 0.6 is 0 Å². The van der Waals surface area contributed by atoms with Gasteiger partial charge in [-0.3, -0.25) is 9.59 Å². The first-order valence-electron chi connectivity index (χ1n) is 11.2. The van der Waals surface area contributed by atoms with Gasteiger partial charge in [0.15, 0.2) is 0 Å². The monoisotopic (exact) mass is 418 g/mol. The molecule has 2 N–H and O–H groups in total. The summed E-state index contributed by atoms with van der Waals surface area (Å²) in [5.74, 6) is -0.277. The highest BCUT2D eigenvalue weighted by Crippen LogP contribution is 2.28. The second-order valence-corrected chi connectivity index (χ2v) is 8.66. The van der Waals surface area contributed by atoms with E-state index in [0.717, 1.165) is 63.1 Å². The molecule has 1 aromatic rings. The van der Waals surface area contributed by atoms with E-state index >= 15 is 0 Å². The standard InChI is InChI=1S/C23H35FN4O2/c1-17(26-22(29)10-11-25-23(30)18-6-4-3-5-7-18)20-16-19(24)8-9-21(20)28-14-12-27(2)13-15-28/h8-9,16-18H,3-7,10-15H2,1-2H3,(H,25,30)(H,26,29). The van der Waals surface area contributed by atoms with Crippen LogP contribution in [0.4, 0.5) is 10.1 Å². The molecular formula is C23H35FN4O2. The highest BCUT2D eigenvalue weighted by molar-refractivity contribution is 5.80. The number of carbonyl (C=O) groups excluding carboxylic acids is 2. The van der Waals surface area contributed by atoms with Crippen molar-refractivity contribution in [3.05, 3.63) is 29.6 Å². The highest BCUT2D eigenvalue weighted by atomic mass is 19.1. The van der Waals surface area contributed by atoms with Crippen LogP contribution in [-0.2, 0) is 9.59 Å². The van der Waals surface area contributed by atoms with E-state index < -0.39 is 0 Å². The Morgan fingerprint density at radius 3 is 2.53 bits per heavy atom. The lowest BCUT2D eigenvalue weighted by atomic mass is 9.89. The summed E-state index contributed by atoms with van der Waals surface area (Å²) in [5.41, 5.74) is 1.77. The van der Waals surface area contributed by atoms with Crippen LogP contribution in [-0.4, -0.2) is 56.5 Å². The fraction of sp³-hybridized carbons (Fsp3) is 0.652. The number of halogens is 1. The number of hydrogen-bond donors (Lipinski definition) is 2. The molecule has 2 aliphatic rings. The number of carbonyl (C=O) groups is 2. The van der Waals surface area contributed by atoms with Crippen molar-refractivity contribution in [2.45, 2.75) is 51.5 Å². The van der Waals surface area contributed by atoms with Crippen LogP contribution in [0, 0.1) is 11.7 Å². The largest absolute Gasteiger partial charge is 0.369 e. The Balaban J connectivity index is 1.52. The van der Waals surface area contributed by atoms with E-state index in [-0.39, 0.29) is 36.0 Å². The molecule has 0 spiro atoms. The Morgan fingerprint density at radius 1 is 1.13 bits per heavy atom. The number of anilines is 1. The Bertz CT molecular complexity index is 728. The van der Waals surface area contributed by atoms with Crippen LogP contribution in [0.25, 0.3) is 0 Å². The minimum absolute atomic E-state index is 0.0676. The Hall–Kier alpha value is -2.15. The zero-order valence-corrected chi connectivity index (χ0v) is 18.3. The molecule has 1 unspecified atom stereocenters. The average molecular weight is 419 g/mol. The number of benzene rings is 1. The van der Waals surface area contributed by atoms with Gasteiger partial charge in [-0.25, -0.2) is 4.39 Å². The Morgan fingerprint density at radius 2 is 1.83 bits per heavy atom. The van der Waals surface area contributed by atoms with E-state index in [4.69, 9.17) is 0 Å². The molecule has 7 heteroatoms. The second-order valence-electron chi connectivity index (χ2n) is 8.66. The summed E-state index contributed by atoms with van der Waals surface area (Å²) < 4.78 is 14.0. The summed E-state index contributed by atoms with van der Waals surface area (Å²) in [7, 11) is 2.10. The zero-order chi connectivity index (χ0) is 21.5. The lowest BCUT2D eigenvalue weighted by Crippen LogP contribution is -2.45. The summed E-state index contributed by atoms with van der Waals surface area (Å²) in [6.45, 7) is 5.89. The third kappa shape index (κ3) is 6.17. The molecule has 0 bridgehead atoms. The summed E-state index contributed by atoms with van der Waals surface area (Å²) in [5, 5.41) is 5.87. The number of likely N-dealkylation sites (N-methyl/N-ethyl adjacent to an activating group) is 1. The third-order valence-electron chi connectivity index (χ3n) is 6.30. The fourth-order valence-electron chi connectivity index (χ4n) is 4.41. The summed E-state index contributed by atoms with van der Waals surface area (Å²) >= 11 is 0. The SMILES string of the molecule is CC(NC(=O)CCNC(=O)C1CCCCC1)c1cc(F)ccc1N1CCN(C)CC1. The van der Waals surface area contributed by atoms with Crippen molar-refractivity contribution in [3.8, 4) is 0 Å². The molecule has 1 aromatic carbocycles. The van der Waals surface area contributed by atoms with Gasteiger partial charge in [-0.05, 0) is 45.0 Å². The molecule has 0 aromatic heterocycles. The lowest BCUT2D eigenvalue weighted by molar-refractivity contribution is -0.126. The maximum Gasteiger partial charge on any atom is 0.223 e. The van der Waals surface area contributed by atoms with Gasteiger partial charge in [0.2, 0.25) is 11.8 Å². The minimum Gasteiger partial charge on any atom is -0.369 e. The molecule has 1 saturated carbocycles. The number of nitrogens with zero attached hydrogens (tertiary/aromatic N) is 2. The van der Waals surface area contributed by atoms with E-state index in [9.17, 15) is 14.0 Å². The van der Waals surface area contributed by atoms with Crippen LogP contribution < -0.4 is 15.5 Å². The predicted molar refractivity (Wildman–Crippen MR) is 117 cm³/mol. The Kier molecular flexibility index (Phi) is 8.08. The van der Waals surface area contributed by atoms with E-state index in [1.165, 1.54) is 18.6 Å². The summed E-state index contributed by atoms with van der Waals surface area (Å²) in [4.78, 5) is 29.2. The van der Waals surface area contributed by atoms with Crippen molar-refractivity contribution in [2.24, 2.45) is 5.92 Å². The van der Waals surface area contributed by atoms with E-state index in [1.807, 2.05) is 13.0 Å². The molecule has 0 radical (unpaired) electrons. The maximum absolute atomic E-state index is 14.0. The number of rotatable bonds is 7. The van der Waals surface area contributed by atoms with Crippen LogP contribution in [0.5, 0.6) is 0 Å². The smallest absolute Gasteiger partial charge is 0.223 e. The number of amides is 2. The molecule has 1 aliphatic heterocycles. The van der Waals surface area contributed by atoms with Crippen molar-refractivity contribution in [1.29, 1.82) is 0 Å². The molecule has 3 rings (SSSR count). The first kappa shape index (κ1) is 22.5. The van der Waals surface area contributed by atoms with E-state index in [1.54, 1.807) is 0 Å². The first-order chi connectivity index (χ1) is 14.4. The van der Waals surface area contributed by atoms with Crippen molar-refractivity contribution >= 4 is 17.5 Å². The second kappa shape index (κ2) is 10.8. The summed E-state index contributed by atoms with van der Waals surface area (Å²) in [6, 6.07) is 4.50. The predicted octanol–water partition coefficient (Wildman–Crippen LogP) is 2.84. The van der Waals surface area contributed by atoms with Gasteiger partial charge >= 0.3 is 0 Å². The molecule has 1 atom stereocenters. The minimum atomic E-state index is -0.308. The van der Waals surface area contributed by atoms with Gasteiger partial charge in [-0.2, -0.15) is 0 Å². The van der Waals surface area contributed by atoms with E-state index in [0.29, 0.717) is 6.54 Å². The topological polar surface area (TPSA) is 64.7 Å². The Labute approximate surface area is 179 Å². The van der Waals surface area contributed by atoms with Crippen LogP contribution in [0.3, 0.4) is 0 Å². The van der Waals surface area contributed by atoms with Crippen molar-refractivity contribution in [2.75, 3.05) is 44.7 Å². The van der Waals surface area contributed by atoms with Gasteiger partial charge in [-0.15, -0.1) is 0 Å². The van der Waals surface area contributed by atoms with Gasteiger partial charge < -0.3 is 20.4 Å².